The predicted molar refractivity (Wildman–Crippen MR) is 64.2 cm³/mol. The maximum absolute atomic E-state index is 11.4. The third-order valence-corrected chi connectivity index (χ3v) is 3.12. The fraction of sp³-hybridized carbons (Fsp3) is 0.385. The maximum atomic E-state index is 11.4. The van der Waals surface area contributed by atoms with Gasteiger partial charge in [-0.3, -0.25) is 9.59 Å². The van der Waals surface area contributed by atoms with Crippen molar-refractivity contribution in [1.29, 1.82) is 0 Å². The summed E-state index contributed by atoms with van der Waals surface area (Å²) in [6.07, 6.45) is 1.65. The Morgan fingerprint density at radius 2 is 2.12 bits per heavy atom. The highest BCUT2D eigenvalue weighted by Crippen LogP contribution is 2.24. The average molecular weight is 233 g/mol. The van der Waals surface area contributed by atoms with Crippen LogP contribution in [-0.4, -0.2) is 32.5 Å². The van der Waals surface area contributed by atoms with E-state index in [4.69, 9.17) is 4.74 Å². The fourth-order valence-corrected chi connectivity index (χ4v) is 2.12. The number of methoxy groups -OCH3 is 1. The van der Waals surface area contributed by atoms with Crippen molar-refractivity contribution >= 4 is 17.9 Å². The van der Waals surface area contributed by atoms with Crippen LogP contribution in [0, 0.1) is 5.92 Å². The van der Waals surface area contributed by atoms with E-state index in [0.717, 1.165) is 24.9 Å². The zero-order valence-electron chi connectivity index (χ0n) is 9.76. The number of carbonyl (C=O) groups excluding carboxylic acids is 2. The second-order valence-electron chi connectivity index (χ2n) is 4.16. The zero-order chi connectivity index (χ0) is 12.3. The predicted octanol–water partition coefficient (Wildman–Crippen LogP) is 1.50. The van der Waals surface area contributed by atoms with Gasteiger partial charge >= 0.3 is 5.97 Å². The van der Waals surface area contributed by atoms with Crippen LogP contribution in [0.15, 0.2) is 24.3 Å². The Hall–Kier alpha value is -1.84. The Morgan fingerprint density at radius 3 is 2.71 bits per heavy atom. The Balaban J connectivity index is 2.04. The molecule has 0 bridgehead atoms. The van der Waals surface area contributed by atoms with Crippen molar-refractivity contribution in [2.75, 3.05) is 25.1 Å². The third-order valence-electron chi connectivity index (χ3n) is 3.12. The minimum atomic E-state index is -0.142. The minimum absolute atomic E-state index is 0.0363. The van der Waals surface area contributed by atoms with Crippen molar-refractivity contribution in [2.45, 2.75) is 6.42 Å². The van der Waals surface area contributed by atoms with Crippen LogP contribution in [-0.2, 0) is 9.53 Å². The largest absolute Gasteiger partial charge is 0.469 e. The number of carbonyl (C=O) groups is 2. The lowest BCUT2D eigenvalue weighted by Crippen LogP contribution is -2.23. The number of esters is 1. The van der Waals surface area contributed by atoms with Crippen molar-refractivity contribution in [3.05, 3.63) is 29.8 Å². The fourth-order valence-electron chi connectivity index (χ4n) is 2.12. The van der Waals surface area contributed by atoms with Crippen LogP contribution in [0.25, 0.3) is 0 Å². The standard InChI is InChI=1S/C13H15NO3/c1-17-13(16)11-6-7-14(8-11)12-4-2-10(9-15)3-5-12/h2-5,9,11H,6-8H2,1H3. The molecule has 0 aliphatic carbocycles. The number of ether oxygens (including phenoxy) is 1. The van der Waals surface area contributed by atoms with Crippen LogP contribution in [0.5, 0.6) is 0 Å². The summed E-state index contributed by atoms with van der Waals surface area (Å²) in [5.41, 5.74) is 1.71. The normalized spacial score (nSPS) is 19.1. The average Bonchev–Trinajstić information content (AvgIpc) is 2.87. The van der Waals surface area contributed by atoms with Crippen molar-refractivity contribution < 1.29 is 14.3 Å². The van der Waals surface area contributed by atoms with Gasteiger partial charge in [-0.1, -0.05) is 0 Å². The smallest absolute Gasteiger partial charge is 0.310 e. The first-order valence-electron chi connectivity index (χ1n) is 5.62. The molecule has 0 spiro atoms. The molecule has 1 fully saturated rings. The first-order chi connectivity index (χ1) is 8.24. The van der Waals surface area contributed by atoms with E-state index in [9.17, 15) is 9.59 Å². The van der Waals surface area contributed by atoms with Crippen LogP contribution in [0.2, 0.25) is 0 Å². The molecule has 1 heterocycles. The summed E-state index contributed by atoms with van der Waals surface area (Å²) in [7, 11) is 1.42. The Labute approximate surface area is 100 Å². The first kappa shape index (κ1) is 11.6. The lowest BCUT2D eigenvalue weighted by Gasteiger charge is -2.18. The number of anilines is 1. The molecule has 90 valence electrons. The topological polar surface area (TPSA) is 46.6 Å². The molecule has 4 heteroatoms. The van der Waals surface area contributed by atoms with Crippen molar-refractivity contribution in [2.24, 2.45) is 5.92 Å². The molecule has 1 unspecified atom stereocenters. The van der Waals surface area contributed by atoms with Gasteiger partial charge in [0.05, 0.1) is 13.0 Å². The number of nitrogens with zero attached hydrogens (tertiary/aromatic N) is 1. The van der Waals surface area contributed by atoms with E-state index in [-0.39, 0.29) is 11.9 Å². The third kappa shape index (κ3) is 2.46. The molecule has 1 aliphatic heterocycles. The summed E-state index contributed by atoms with van der Waals surface area (Å²) in [4.78, 5) is 24.1. The van der Waals surface area contributed by atoms with Crippen molar-refractivity contribution in [3.8, 4) is 0 Å². The van der Waals surface area contributed by atoms with Crippen LogP contribution in [0.1, 0.15) is 16.8 Å². The second-order valence-corrected chi connectivity index (χ2v) is 4.16. The first-order valence-corrected chi connectivity index (χ1v) is 5.62. The SMILES string of the molecule is COC(=O)C1CCN(c2ccc(C=O)cc2)C1. The van der Waals surface area contributed by atoms with E-state index >= 15 is 0 Å². The van der Waals surface area contributed by atoms with Crippen LogP contribution < -0.4 is 4.90 Å². The summed E-state index contributed by atoms with van der Waals surface area (Å²) in [6, 6.07) is 7.38. The molecule has 1 saturated heterocycles. The lowest BCUT2D eigenvalue weighted by molar-refractivity contribution is -0.144. The van der Waals surface area contributed by atoms with Gasteiger partial charge in [0.25, 0.3) is 0 Å². The van der Waals surface area contributed by atoms with Crippen LogP contribution in [0.3, 0.4) is 0 Å². The van der Waals surface area contributed by atoms with E-state index in [0.29, 0.717) is 12.1 Å². The highest BCUT2D eigenvalue weighted by molar-refractivity contribution is 5.76. The summed E-state index contributed by atoms with van der Waals surface area (Å²) < 4.78 is 4.74. The van der Waals surface area contributed by atoms with Gasteiger partial charge in [-0.15, -0.1) is 0 Å². The molecule has 1 atom stereocenters. The van der Waals surface area contributed by atoms with Crippen LogP contribution in [0.4, 0.5) is 5.69 Å². The lowest BCUT2D eigenvalue weighted by atomic mass is 10.1. The van der Waals surface area contributed by atoms with E-state index in [1.165, 1.54) is 7.11 Å². The molecular formula is C13H15NO3. The molecule has 0 aromatic heterocycles. The molecule has 4 nitrogen and oxygen atoms in total. The highest BCUT2D eigenvalue weighted by Gasteiger charge is 2.28. The van der Waals surface area contributed by atoms with E-state index in [1.54, 1.807) is 12.1 Å². The number of rotatable bonds is 3. The van der Waals surface area contributed by atoms with Gasteiger partial charge in [-0.05, 0) is 30.7 Å². The van der Waals surface area contributed by atoms with Gasteiger partial charge in [-0.2, -0.15) is 0 Å². The summed E-state index contributed by atoms with van der Waals surface area (Å²) in [5.74, 6) is -0.178. The molecule has 17 heavy (non-hydrogen) atoms. The number of hydrogen-bond donors (Lipinski definition) is 0. The zero-order valence-corrected chi connectivity index (χ0v) is 9.76. The molecule has 1 aromatic rings. The van der Waals surface area contributed by atoms with Crippen molar-refractivity contribution in [3.63, 3.8) is 0 Å². The second kappa shape index (κ2) is 4.99. The number of benzene rings is 1. The van der Waals surface area contributed by atoms with Gasteiger partial charge in [-0.25, -0.2) is 0 Å². The van der Waals surface area contributed by atoms with E-state index < -0.39 is 0 Å². The van der Waals surface area contributed by atoms with Gasteiger partial charge in [0.1, 0.15) is 6.29 Å². The molecule has 1 aromatic carbocycles. The van der Waals surface area contributed by atoms with Gasteiger partial charge in [0, 0.05) is 24.3 Å². The highest BCUT2D eigenvalue weighted by atomic mass is 16.5. The van der Waals surface area contributed by atoms with Gasteiger partial charge in [0.15, 0.2) is 0 Å². The maximum Gasteiger partial charge on any atom is 0.310 e. The molecule has 0 saturated carbocycles. The summed E-state index contributed by atoms with van der Waals surface area (Å²) in [5, 5.41) is 0. The molecule has 2 rings (SSSR count). The van der Waals surface area contributed by atoms with E-state index in [2.05, 4.69) is 4.90 Å². The Morgan fingerprint density at radius 1 is 1.41 bits per heavy atom. The monoisotopic (exact) mass is 233 g/mol. The molecule has 0 N–H and O–H groups in total. The minimum Gasteiger partial charge on any atom is -0.469 e. The van der Waals surface area contributed by atoms with Crippen LogP contribution >= 0.6 is 0 Å². The number of aldehydes is 1. The van der Waals surface area contributed by atoms with Crippen molar-refractivity contribution in [1.82, 2.24) is 0 Å². The molecular weight excluding hydrogens is 218 g/mol. The van der Waals surface area contributed by atoms with E-state index in [1.807, 2.05) is 12.1 Å². The molecule has 0 amide bonds. The van der Waals surface area contributed by atoms with Gasteiger partial charge < -0.3 is 9.64 Å². The molecule has 0 radical (unpaired) electrons. The molecule has 1 aliphatic rings. The Kier molecular flexibility index (Phi) is 3.42. The summed E-state index contributed by atoms with van der Waals surface area (Å²) >= 11 is 0. The summed E-state index contributed by atoms with van der Waals surface area (Å²) in [6.45, 7) is 1.54. The number of hydrogen-bond acceptors (Lipinski definition) is 4. The quantitative estimate of drug-likeness (QED) is 0.586. The van der Waals surface area contributed by atoms with Gasteiger partial charge in [0.2, 0.25) is 0 Å². The Bertz CT molecular complexity index is 413.